The molecule has 1 N–H and O–H groups in total. The average Bonchev–Trinajstić information content (AvgIpc) is 3.27. The van der Waals surface area contributed by atoms with Crippen LogP contribution in [0.1, 0.15) is 5.56 Å². The molecule has 0 radical (unpaired) electrons. The van der Waals surface area contributed by atoms with Crippen LogP contribution in [-0.2, 0) is 0 Å². The van der Waals surface area contributed by atoms with Crippen LogP contribution in [0, 0.1) is 0 Å². The Morgan fingerprint density at radius 1 is 0.867 bits per heavy atom. The van der Waals surface area contributed by atoms with Crippen molar-refractivity contribution >= 4 is 44.2 Å². The summed E-state index contributed by atoms with van der Waals surface area (Å²) in [6.07, 6.45) is 1.81. The van der Waals surface area contributed by atoms with E-state index in [-0.39, 0.29) is 0 Å². The summed E-state index contributed by atoms with van der Waals surface area (Å²) in [5.41, 5.74) is 6.11. The lowest BCUT2D eigenvalue weighted by Gasteiger charge is -2.03. The minimum absolute atomic E-state index is 0.764. The molecule has 0 fully saturated rings. The molecule has 5 heteroatoms. The van der Waals surface area contributed by atoms with Crippen LogP contribution in [-0.4, -0.2) is 18.3 Å². The lowest BCUT2D eigenvalue weighted by molar-refractivity contribution is 0.415. The third-order valence-corrected chi connectivity index (χ3v) is 5.74. The van der Waals surface area contributed by atoms with Crippen LogP contribution in [0.25, 0.3) is 32.8 Å². The minimum Gasteiger partial charge on any atom is -0.497 e. The van der Waals surface area contributed by atoms with Gasteiger partial charge in [-0.2, -0.15) is 5.10 Å². The fourth-order valence-corrected chi connectivity index (χ4v) is 4.09. The third-order valence-electron chi connectivity index (χ3n) is 4.99. The van der Waals surface area contributed by atoms with Crippen LogP contribution < -0.4 is 10.2 Å². The number of hydrogen-bond donors (Lipinski definition) is 1. The summed E-state index contributed by atoms with van der Waals surface area (Å²) in [6.45, 7) is 0. The van der Waals surface area contributed by atoms with E-state index >= 15 is 0 Å². The molecule has 4 nitrogen and oxygen atoms in total. The molecule has 4 aromatic carbocycles. The molecule has 5 rings (SSSR count). The number of rotatable bonds is 5. The van der Waals surface area contributed by atoms with Gasteiger partial charge in [-0.15, -0.1) is 11.3 Å². The average molecular weight is 410 g/mol. The van der Waals surface area contributed by atoms with Crippen molar-refractivity contribution in [3.63, 3.8) is 0 Å². The van der Waals surface area contributed by atoms with Gasteiger partial charge in [0.15, 0.2) is 0 Å². The normalized spacial score (nSPS) is 11.4. The Morgan fingerprint density at radius 2 is 1.63 bits per heavy atom. The number of ether oxygens (including phenoxy) is 1. The monoisotopic (exact) mass is 409 g/mol. The number of fused-ring (bicyclic) bond motifs is 2. The maximum absolute atomic E-state index is 5.28. The fraction of sp³-hybridized carbons (Fsp3) is 0.0400. The van der Waals surface area contributed by atoms with Crippen LogP contribution in [0.3, 0.4) is 0 Å². The molecule has 0 aliphatic rings. The molecule has 0 saturated carbocycles. The summed E-state index contributed by atoms with van der Waals surface area (Å²) in [5, 5.41) is 11.9. The summed E-state index contributed by atoms with van der Waals surface area (Å²) in [6, 6.07) is 27.0. The fourth-order valence-electron chi connectivity index (χ4n) is 3.42. The number of benzene rings is 4. The standard InChI is InChI=1S/C25H19N3OS/c1-29-23-11-10-20-12-17(6-7-21(20)14-23)15-26-28-25-27-24(16-30-25)22-9-8-18-4-2-3-5-19(18)13-22/h2-16H,1H3,(H,27,28)/b26-15+. The van der Waals surface area contributed by atoms with Crippen molar-refractivity contribution in [1.29, 1.82) is 0 Å². The number of hydrazone groups is 1. The lowest BCUT2D eigenvalue weighted by Crippen LogP contribution is -1.90. The number of thiazole rings is 1. The van der Waals surface area contributed by atoms with Crippen LogP contribution in [0.5, 0.6) is 5.75 Å². The van der Waals surface area contributed by atoms with Gasteiger partial charge in [-0.3, -0.25) is 5.43 Å². The van der Waals surface area contributed by atoms with Gasteiger partial charge in [0.2, 0.25) is 5.13 Å². The van der Waals surface area contributed by atoms with E-state index in [0.29, 0.717) is 0 Å². The number of nitrogens with zero attached hydrogens (tertiary/aromatic N) is 2. The number of aromatic nitrogens is 1. The predicted octanol–water partition coefficient (Wildman–Crippen LogP) is 6.57. The molecule has 1 aromatic heterocycles. The molecule has 146 valence electrons. The van der Waals surface area contributed by atoms with E-state index in [1.165, 1.54) is 10.8 Å². The number of hydrogen-bond acceptors (Lipinski definition) is 5. The molecule has 0 atom stereocenters. The third kappa shape index (κ3) is 3.75. The first-order valence-corrected chi connectivity index (χ1v) is 10.5. The van der Waals surface area contributed by atoms with Crippen molar-refractivity contribution in [1.82, 2.24) is 4.98 Å². The van der Waals surface area contributed by atoms with Crippen molar-refractivity contribution in [2.75, 3.05) is 12.5 Å². The minimum atomic E-state index is 0.764. The molecule has 5 aromatic rings. The molecule has 1 heterocycles. The first kappa shape index (κ1) is 18.3. The summed E-state index contributed by atoms with van der Waals surface area (Å²) in [7, 11) is 1.68. The van der Waals surface area contributed by atoms with Gasteiger partial charge in [-0.1, -0.05) is 54.6 Å². The van der Waals surface area contributed by atoms with Crippen molar-refractivity contribution in [2.45, 2.75) is 0 Å². The van der Waals surface area contributed by atoms with Crippen LogP contribution in [0.4, 0.5) is 5.13 Å². The van der Waals surface area contributed by atoms with Gasteiger partial charge in [0, 0.05) is 10.9 Å². The number of nitrogens with one attached hydrogen (secondary N) is 1. The molecule has 30 heavy (non-hydrogen) atoms. The molecule has 0 bridgehead atoms. The Bertz CT molecular complexity index is 1370. The molecule has 0 unspecified atom stereocenters. The van der Waals surface area contributed by atoms with Gasteiger partial charge in [0.1, 0.15) is 5.75 Å². The second-order valence-corrected chi connectivity index (χ2v) is 7.80. The summed E-state index contributed by atoms with van der Waals surface area (Å²) in [5.74, 6) is 0.858. The lowest BCUT2D eigenvalue weighted by atomic mass is 10.1. The highest BCUT2D eigenvalue weighted by Crippen LogP contribution is 2.28. The maximum atomic E-state index is 5.28. The molecule has 0 amide bonds. The van der Waals surface area contributed by atoms with Gasteiger partial charge < -0.3 is 4.74 Å². The highest BCUT2D eigenvalue weighted by atomic mass is 32.1. The van der Waals surface area contributed by atoms with Crippen molar-refractivity contribution in [3.8, 4) is 17.0 Å². The Hall–Kier alpha value is -3.70. The first-order valence-electron chi connectivity index (χ1n) is 9.60. The molecular formula is C25H19N3OS. The van der Waals surface area contributed by atoms with Crippen LogP contribution >= 0.6 is 11.3 Å². The van der Waals surface area contributed by atoms with Crippen LogP contribution in [0.15, 0.2) is 89.3 Å². The summed E-state index contributed by atoms with van der Waals surface area (Å²) >= 11 is 1.54. The van der Waals surface area contributed by atoms with Crippen molar-refractivity contribution in [3.05, 3.63) is 89.8 Å². The predicted molar refractivity (Wildman–Crippen MR) is 127 cm³/mol. The zero-order chi connectivity index (χ0) is 20.3. The van der Waals surface area contributed by atoms with E-state index in [1.807, 2.05) is 23.6 Å². The Morgan fingerprint density at radius 3 is 2.53 bits per heavy atom. The second kappa shape index (κ2) is 7.97. The van der Waals surface area contributed by atoms with E-state index < -0.39 is 0 Å². The molecular weight excluding hydrogens is 390 g/mol. The van der Waals surface area contributed by atoms with Crippen molar-refractivity contribution < 1.29 is 4.74 Å². The molecule has 0 spiro atoms. The van der Waals surface area contributed by atoms with E-state index in [1.54, 1.807) is 24.7 Å². The second-order valence-electron chi connectivity index (χ2n) is 6.94. The highest BCUT2D eigenvalue weighted by molar-refractivity contribution is 7.14. The zero-order valence-electron chi connectivity index (χ0n) is 16.4. The van der Waals surface area contributed by atoms with Crippen LogP contribution in [0.2, 0.25) is 0 Å². The molecule has 0 aliphatic carbocycles. The molecule has 0 aliphatic heterocycles. The van der Waals surface area contributed by atoms with E-state index in [0.717, 1.165) is 38.5 Å². The zero-order valence-corrected chi connectivity index (χ0v) is 17.2. The number of methoxy groups -OCH3 is 1. The quantitative estimate of drug-likeness (QED) is 0.264. The topological polar surface area (TPSA) is 46.5 Å². The Kier molecular flexibility index (Phi) is 4.87. The maximum Gasteiger partial charge on any atom is 0.203 e. The van der Waals surface area contributed by atoms with Gasteiger partial charge >= 0.3 is 0 Å². The molecule has 0 saturated heterocycles. The summed E-state index contributed by atoms with van der Waals surface area (Å²) < 4.78 is 5.28. The highest BCUT2D eigenvalue weighted by Gasteiger charge is 2.05. The largest absolute Gasteiger partial charge is 0.497 e. The van der Waals surface area contributed by atoms with E-state index in [2.05, 4.69) is 76.2 Å². The van der Waals surface area contributed by atoms with Gasteiger partial charge in [0.25, 0.3) is 0 Å². The Balaban J connectivity index is 1.31. The number of anilines is 1. The smallest absolute Gasteiger partial charge is 0.203 e. The summed E-state index contributed by atoms with van der Waals surface area (Å²) in [4.78, 5) is 4.67. The van der Waals surface area contributed by atoms with E-state index in [9.17, 15) is 0 Å². The van der Waals surface area contributed by atoms with E-state index in [4.69, 9.17) is 4.74 Å². The first-order chi connectivity index (χ1) is 14.8. The van der Waals surface area contributed by atoms with Crippen molar-refractivity contribution in [2.24, 2.45) is 5.10 Å². The van der Waals surface area contributed by atoms with Gasteiger partial charge in [0.05, 0.1) is 19.0 Å². The van der Waals surface area contributed by atoms with Gasteiger partial charge in [-0.05, 0) is 51.4 Å². The van der Waals surface area contributed by atoms with Gasteiger partial charge in [-0.25, -0.2) is 4.98 Å². The SMILES string of the molecule is COc1ccc2cc(/C=N/Nc3nc(-c4ccc5ccccc5c4)cs3)ccc2c1. The Labute approximate surface area is 178 Å².